The van der Waals surface area contributed by atoms with Crippen molar-refractivity contribution in [2.45, 2.75) is 32.2 Å². The maximum Gasteiger partial charge on any atom is 0.234 e. The van der Waals surface area contributed by atoms with Gasteiger partial charge in [0.15, 0.2) is 0 Å². The number of rotatable bonds is 3. The zero-order valence-electron chi connectivity index (χ0n) is 11.0. The molecule has 0 saturated carbocycles. The standard InChI is InChI=1S/C13H22N2O3/c1-10-8-15(5-2-12(10)16)9-13(17)14-11-3-6-18-7-4-11/h10-11H,2-9H2,1H3,(H,14,17). The number of likely N-dealkylation sites (tertiary alicyclic amines) is 1. The lowest BCUT2D eigenvalue weighted by Crippen LogP contribution is -2.47. The summed E-state index contributed by atoms with van der Waals surface area (Å²) in [6.07, 6.45) is 2.38. The van der Waals surface area contributed by atoms with Crippen LogP contribution in [0.1, 0.15) is 26.2 Å². The van der Waals surface area contributed by atoms with Crippen molar-refractivity contribution in [3.05, 3.63) is 0 Å². The second-order valence-corrected chi connectivity index (χ2v) is 5.31. The Morgan fingerprint density at radius 1 is 1.44 bits per heavy atom. The van der Waals surface area contributed by atoms with E-state index in [4.69, 9.17) is 4.74 Å². The van der Waals surface area contributed by atoms with E-state index in [2.05, 4.69) is 10.2 Å². The van der Waals surface area contributed by atoms with Crippen molar-refractivity contribution in [2.24, 2.45) is 5.92 Å². The maximum atomic E-state index is 11.9. The van der Waals surface area contributed by atoms with Crippen LogP contribution in [0.2, 0.25) is 0 Å². The van der Waals surface area contributed by atoms with Gasteiger partial charge in [0.25, 0.3) is 0 Å². The van der Waals surface area contributed by atoms with Gasteiger partial charge < -0.3 is 10.1 Å². The molecule has 2 aliphatic rings. The Bertz CT molecular complexity index is 313. The second-order valence-electron chi connectivity index (χ2n) is 5.31. The number of carbonyl (C=O) groups is 2. The fourth-order valence-electron chi connectivity index (χ4n) is 2.56. The van der Waals surface area contributed by atoms with Gasteiger partial charge in [-0.15, -0.1) is 0 Å². The zero-order valence-corrected chi connectivity index (χ0v) is 11.0. The van der Waals surface area contributed by atoms with E-state index in [1.54, 1.807) is 0 Å². The highest BCUT2D eigenvalue weighted by molar-refractivity contribution is 5.82. The Labute approximate surface area is 108 Å². The molecule has 2 rings (SSSR count). The van der Waals surface area contributed by atoms with Gasteiger partial charge >= 0.3 is 0 Å². The SMILES string of the molecule is CC1CN(CC(=O)NC2CCOCC2)CCC1=O. The van der Waals surface area contributed by atoms with Crippen molar-refractivity contribution in [3.8, 4) is 0 Å². The Morgan fingerprint density at radius 2 is 2.17 bits per heavy atom. The first-order valence-electron chi connectivity index (χ1n) is 6.77. The normalized spacial score (nSPS) is 27.2. The molecule has 2 heterocycles. The fourth-order valence-corrected chi connectivity index (χ4v) is 2.56. The minimum absolute atomic E-state index is 0.0645. The molecular weight excluding hydrogens is 232 g/mol. The Morgan fingerprint density at radius 3 is 2.83 bits per heavy atom. The number of carbonyl (C=O) groups excluding carboxylic acids is 2. The molecule has 5 nitrogen and oxygen atoms in total. The molecule has 1 amide bonds. The Kier molecular flexibility index (Phi) is 4.72. The van der Waals surface area contributed by atoms with Crippen molar-refractivity contribution < 1.29 is 14.3 Å². The van der Waals surface area contributed by atoms with Crippen LogP contribution in [0, 0.1) is 5.92 Å². The van der Waals surface area contributed by atoms with Gasteiger partial charge in [0.2, 0.25) is 5.91 Å². The first-order chi connectivity index (χ1) is 8.65. The molecule has 18 heavy (non-hydrogen) atoms. The number of ether oxygens (including phenoxy) is 1. The summed E-state index contributed by atoms with van der Waals surface area (Å²) in [6, 6.07) is 0.259. The number of amides is 1. The predicted molar refractivity (Wildman–Crippen MR) is 67.2 cm³/mol. The molecule has 1 N–H and O–H groups in total. The summed E-state index contributed by atoms with van der Waals surface area (Å²) < 4.78 is 5.26. The van der Waals surface area contributed by atoms with E-state index in [1.165, 1.54) is 0 Å². The third-order valence-corrected chi connectivity index (χ3v) is 3.71. The van der Waals surface area contributed by atoms with Gasteiger partial charge in [-0.25, -0.2) is 0 Å². The molecule has 1 unspecified atom stereocenters. The predicted octanol–water partition coefficient (Wildman–Crippen LogP) is 0.192. The zero-order chi connectivity index (χ0) is 13.0. The van der Waals surface area contributed by atoms with Crippen molar-refractivity contribution >= 4 is 11.7 Å². The number of hydrogen-bond acceptors (Lipinski definition) is 4. The van der Waals surface area contributed by atoms with E-state index >= 15 is 0 Å². The molecule has 0 aromatic heterocycles. The minimum atomic E-state index is 0.0645. The van der Waals surface area contributed by atoms with E-state index in [0.29, 0.717) is 31.8 Å². The molecule has 0 spiro atoms. The van der Waals surface area contributed by atoms with Gasteiger partial charge in [0.05, 0.1) is 6.54 Å². The summed E-state index contributed by atoms with van der Waals surface area (Å²) in [4.78, 5) is 25.4. The van der Waals surface area contributed by atoms with Crippen LogP contribution < -0.4 is 5.32 Å². The van der Waals surface area contributed by atoms with Crippen LogP contribution in [0.25, 0.3) is 0 Å². The largest absolute Gasteiger partial charge is 0.381 e. The summed E-state index contributed by atoms with van der Waals surface area (Å²) in [5, 5.41) is 3.05. The van der Waals surface area contributed by atoms with E-state index in [1.807, 2.05) is 6.92 Å². The first-order valence-corrected chi connectivity index (χ1v) is 6.77. The van der Waals surface area contributed by atoms with Crippen molar-refractivity contribution in [2.75, 3.05) is 32.8 Å². The van der Waals surface area contributed by atoms with Gasteiger partial charge in [-0.3, -0.25) is 14.5 Å². The van der Waals surface area contributed by atoms with Crippen LogP contribution >= 0.6 is 0 Å². The minimum Gasteiger partial charge on any atom is -0.381 e. The quantitative estimate of drug-likeness (QED) is 0.781. The Hall–Kier alpha value is -0.940. The molecule has 2 fully saturated rings. The number of ketones is 1. The maximum absolute atomic E-state index is 11.9. The van der Waals surface area contributed by atoms with Gasteiger partial charge in [-0.05, 0) is 12.8 Å². The molecule has 0 aromatic carbocycles. The molecule has 1 atom stereocenters. The highest BCUT2D eigenvalue weighted by atomic mass is 16.5. The molecule has 0 aromatic rings. The topological polar surface area (TPSA) is 58.6 Å². The van der Waals surface area contributed by atoms with E-state index < -0.39 is 0 Å². The van der Waals surface area contributed by atoms with Crippen LogP contribution in [0.5, 0.6) is 0 Å². The molecule has 2 saturated heterocycles. The number of nitrogens with one attached hydrogen (secondary N) is 1. The summed E-state index contributed by atoms with van der Waals surface area (Å²) >= 11 is 0. The first kappa shape index (κ1) is 13.5. The van der Waals surface area contributed by atoms with Gasteiger partial charge in [-0.2, -0.15) is 0 Å². The summed E-state index contributed by atoms with van der Waals surface area (Å²) in [7, 11) is 0. The molecule has 2 aliphatic heterocycles. The van der Waals surface area contributed by atoms with E-state index in [-0.39, 0.29) is 17.9 Å². The van der Waals surface area contributed by atoms with Gasteiger partial charge in [0, 0.05) is 44.7 Å². The van der Waals surface area contributed by atoms with Crippen LogP contribution in [0.3, 0.4) is 0 Å². The lowest BCUT2D eigenvalue weighted by Gasteiger charge is -2.30. The molecule has 5 heteroatoms. The lowest BCUT2D eigenvalue weighted by atomic mass is 9.99. The average molecular weight is 254 g/mol. The lowest BCUT2D eigenvalue weighted by molar-refractivity contribution is -0.129. The average Bonchev–Trinajstić information content (AvgIpc) is 2.35. The van der Waals surface area contributed by atoms with Gasteiger partial charge in [0.1, 0.15) is 5.78 Å². The van der Waals surface area contributed by atoms with Crippen molar-refractivity contribution in [3.63, 3.8) is 0 Å². The third kappa shape index (κ3) is 3.78. The molecular formula is C13H22N2O3. The van der Waals surface area contributed by atoms with E-state index in [9.17, 15) is 9.59 Å². The summed E-state index contributed by atoms with van der Waals surface area (Å²) in [5.74, 6) is 0.453. The molecule has 102 valence electrons. The molecule has 0 bridgehead atoms. The number of Topliss-reactive ketones (excluding diaryl/α,β-unsaturated/α-hetero) is 1. The van der Waals surface area contributed by atoms with Gasteiger partial charge in [-0.1, -0.05) is 6.92 Å². The fraction of sp³-hybridized carbons (Fsp3) is 0.846. The summed E-state index contributed by atoms with van der Waals surface area (Å²) in [5.41, 5.74) is 0. The smallest absolute Gasteiger partial charge is 0.234 e. The highest BCUT2D eigenvalue weighted by Gasteiger charge is 2.25. The second kappa shape index (κ2) is 6.29. The number of hydrogen-bond donors (Lipinski definition) is 1. The summed E-state index contributed by atoms with van der Waals surface area (Å²) in [6.45, 7) is 5.24. The van der Waals surface area contributed by atoms with Crippen LogP contribution in [0.15, 0.2) is 0 Å². The molecule has 0 radical (unpaired) electrons. The van der Waals surface area contributed by atoms with E-state index in [0.717, 1.165) is 26.1 Å². The Balaban J connectivity index is 1.72. The third-order valence-electron chi connectivity index (χ3n) is 3.71. The molecule has 0 aliphatic carbocycles. The number of piperidine rings is 1. The van der Waals surface area contributed by atoms with Crippen LogP contribution in [-0.4, -0.2) is 55.5 Å². The van der Waals surface area contributed by atoms with Crippen LogP contribution in [0.4, 0.5) is 0 Å². The number of nitrogens with zero attached hydrogens (tertiary/aromatic N) is 1. The van der Waals surface area contributed by atoms with Crippen molar-refractivity contribution in [1.82, 2.24) is 10.2 Å². The van der Waals surface area contributed by atoms with Crippen LogP contribution in [-0.2, 0) is 14.3 Å². The highest BCUT2D eigenvalue weighted by Crippen LogP contribution is 2.12. The van der Waals surface area contributed by atoms with Crippen molar-refractivity contribution in [1.29, 1.82) is 0 Å². The monoisotopic (exact) mass is 254 g/mol.